The van der Waals surface area contributed by atoms with Gasteiger partial charge in [0.1, 0.15) is 0 Å². The summed E-state index contributed by atoms with van der Waals surface area (Å²) >= 11 is 0. The van der Waals surface area contributed by atoms with E-state index in [0.29, 0.717) is 0 Å². The van der Waals surface area contributed by atoms with Crippen LogP contribution in [0.25, 0.3) is 12.2 Å². The minimum absolute atomic E-state index is 0. The van der Waals surface area contributed by atoms with Crippen LogP contribution in [0.3, 0.4) is 0 Å². The fourth-order valence-electron chi connectivity index (χ4n) is 2.39. The van der Waals surface area contributed by atoms with Gasteiger partial charge in [-0.3, -0.25) is 0 Å². The van der Waals surface area contributed by atoms with Gasteiger partial charge >= 0.3 is 0 Å². The van der Waals surface area contributed by atoms with Gasteiger partial charge in [0.05, 0.1) is 0 Å². The van der Waals surface area contributed by atoms with Crippen LogP contribution in [0.15, 0.2) is 60.7 Å². The van der Waals surface area contributed by atoms with Crippen molar-refractivity contribution >= 4 is 12.2 Å². The maximum atomic E-state index is 2.20. The van der Waals surface area contributed by atoms with Gasteiger partial charge < -0.3 is 0 Å². The van der Waals surface area contributed by atoms with E-state index in [1.807, 2.05) is 0 Å². The summed E-state index contributed by atoms with van der Waals surface area (Å²) in [5, 5.41) is 0. The first-order valence-electron chi connectivity index (χ1n) is 6.42. The van der Waals surface area contributed by atoms with Gasteiger partial charge in [-0.1, -0.05) is 72.8 Å². The molecule has 0 aliphatic heterocycles. The molecule has 0 amide bonds. The molecule has 0 atom stereocenters. The Balaban J connectivity index is 0.000000133. The molecule has 0 N–H and O–H groups in total. The SMILES string of the molecule is C1=Cc2ccccc2C1.C1=Cc2ccccc2C1.[Fe]. The quantitative estimate of drug-likeness (QED) is 0.626. The fraction of sp³-hybridized carbons (Fsp3) is 0.111. The first-order valence-corrected chi connectivity index (χ1v) is 6.42. The molecule has 0 saturated carbocycles. The third-order valence-electron chi connectivity index (χ3n) is 3.38. The third kappa shape index (κ3) is 3.26. The predicted octanol–water partition coefficient (Wildman–Crippen LogP) is 4.51. The van der Waals surface area contributed by atoms with Gasteiger partial charge in [-0.15, -0.1) is 0 Å². The predicted molar refractivity (Wildman–Crippen MR) is 78.4 cm³/mol. The molecule has 2 aliphatic carbocycles. The Labute approximate surface area is 125 Å². The Bertz CT molecular complexity index is 553. The Morgan fingerprint density at radius 3 is 1.42 bits per heavy atom. The molecule has 0 aromatic heterocycles. The summed E-state index contributed by atoms with van der Waals surface area (Å²) in [6.45, 7) is 0. The maximum absolute atomic E-state index is 2.20. The van der Waals surface area contributed by atoms with Gasteiger partial charge in [-0.05, 0) is 35.1 Å². The largest absolute Gasteiger partial charge is 0.0795 e. The topological polar surface area (TPSA) is 0 Å². The second kappa shape index (κ2) is 6.56. The Kier molecular flexibility index (Phi) is 4.79. The molecular formula is C18H16Fe. The van der Waals surface area contributed by atoms with Crippen LogP contribution in [-0.4, -0.2) is 0 Å². The molecule has 0 heterocycles. The Morgan fingerprint density at radius 2 is 1.00 bits per heavy atom. The molecule has 2 aromatic rings. The summed E-state index contributed by atoms with van der Waals surface area (Å²) in [5.74, 6) is 0. The zero-order valence-corrected chi connectivity index (χ0v) is 11.8. The van der Waals surface area contributed by atoms with Crippen LogP contribution >= 0.6 is 0 Å². The number of rotatable bonds is 0. The second-order valence-corrected chi connectivity index (χ2v) is 4.61. The maximum Gasteiger partial charge on any atom is 0 e. The van der Waals surface area contributed by atoms with Gasteiger partial charge in [0.15, 0.2) is 0 Å². The first-order chi connectivity index (χ1) is 8.93. The van der Waals surface area contributed by atoms with Gasteiger partial charge in [0, 0.05) is 17.1 Å². The molecule has 2 aromatic carbocycles. The van der Waals surface area contributed by atoms with E-state index >= 15 is 0 Å². The minimum atomic E-state index is 0. The number of fused-ring (bicyclic) bond motifs is 2. The van der Waals surface area contributed by atoms with E-state index in [4.69, 9.17) is 0 Å². The number of hydrogen-bond donors (Lipinski definition) is 0. The van der Waals surface area contributed by atoms with E-state index in [1.165, 1.54) is 22.3 Å². The van der Waals surface area contributed by atoms with E-state index in [-0.39, 0.29) is 17.1 Å². The molecule has 0 saturated heterocycles. The van der Waals surface area contributed by atoms with Gasteiger partial charge in [-0.2, -0.15) is 0 Å². The van der Waals surface area contributed by atoms with Crippen molar-refractivity contribution in [1.29, 1.82) is 0 Å². The van der Waals surface area contributed by atoms with Crippen LogP contribution < -0.4 is 0 Å². The van der Waals surface area contributed by atoms with Crippen molar-refractivity contribution < 1.29 is 17.1 Å². The van der Waals surface area contributed by atoms with Crippen molar-refractivity contribution in [2.24, 2.45) is 0 Å². The van der Waals surface area contributed by atoms with Crippen molar-refractivity contribution in [3.63, 3.8) is 0 Å². The summed E-state index contributed by atoms with van der Waals surface area (Å²) in [5.41, 5.74) is 5.69. The van der Waals surface area contributed by atoms with E-state index in [1.54, 1.807) is 0 Å². The molecular weight excluding hydrogens is 272 g/mol. The van der Waals surface area contributed by atoms with Crippen LogP contribution in [0.5, 0.6) is 0 Å². The zero-order valence-electron chi connectivity index (χ0n) is 10.7. The van der Waals surface area contributed by atoms with Crippen molar-refractivity contribution in [2.75, 3.05) is 0 Å². The van der Waals surface area contributed by atoms with Crippen molar-refractivity contribution in [3.05, 3.63) is 82.9 Å². The molecule has 0 fully saturated rings. The molecule has 0 nitrogen and oxygen atoms in total. The van der Waals surface area contributed by atoms with Crippen LogP contribution in [0.1, 0.15) is 22.3 Å². The van der Waals surface area contributed by atoms with Crippen LogP contribution in [0.4, 0.5) is 0 Å². The molecule has 4 rings (SSSR count). The molecule has 0 spiro atoms. The average Bonchev–Trinajstić information content (AvgIpc) is 3.08. The first kappa shape index (κ1) is 13.9. The molecule has 96 valence electrons. The van der Waals surface area contributed by atoms with E-state index in [2.05, 4.69) is 72.8 Å². The summed E-state index contributed by atoms with van der Waals surface area (Å²) in [7, 11) is 0. The molecule has 0 unspecified atom stereocenters. The minimum Gasteiger partial charge on any atom is -0.0795 e. The Morgan fingerprint density at radius 1 is 0.579 bits per heavy atom. The van der Waals surface area contributed by atoms with Gasteiger partial charge in [0.25, 0.3) is 0 Å². The third-order valence-corrected chi connectivity index (χ3v) is 3.38. The standard InChI is InChI=1S/2C9H8.Fe/c2*1-2-5-9-7-3-6-8(9)4-1;/h2*1-6H,7H2;. The molecule has 1 heteroatoms. The van der Waals surface area contributed by atoms with Crippen molar-refractivity contribution in [2.45, 2.75) is 12.8 Å². The average molecular weight is 288 g/mol. The molecule has 0 radical (unpaired) electrons. The Hall–Kier alpha value is -1.56. The molecule has 2 aliphatic rings. The van der Waals surface area contributed by atoms with Crippen LogP contribution in [0, 0.1) is 0 Å². The summed E-state index contributed by atoms with van der Waals surface area (Å²) in [6.07, 6.45) is 11.0. The van der Waals surface area contributed by atoms with Crippen LogP contribution in [-0.2, 0) is 29.9 Å². The zero-order chi connectivity index (χ0) is 12.2. The summed E-state index contributed by atoms with van der Waals surface area (Å²) in [6, 6.07) is 17.0. The number of hydrogen-bond acceptors (Lipinski definition) is 0. The monoisotopic (exact) mass is 288 g/mol. The number of benzene rings is 2. The van der Waals surface area contributed by atoms with Crippen molar-refractivity contribution in [1.82, 2.24) is 0 Å². The van der Waals surface area contributed by atoms with Crippen molar-refractivity contribution in [3.8, 4) is 0 Å². The van der Waals surface area contributed by atoms with E-state index < -0.39 is 0 Å². The van der Waals surface area contributed by atoms with Gasteiger partial charge in [-0.25, -0.2) is 0 Å². The summed E-state index contributed by atoms with van der Waals surface area (Å²) in [4.78, 5) is 0. The summed E-state index contributed by atoms with van der Waals surface area (Å²) < 4.78 is 0. The van der Waals surface area contributed by atoms with Crippen LogP contribution in [0.2, 0.25) is 0 Å². The number of allylic oxidation sites excluding steroid dienone is 2. The fourth-order valence-corrected chi connectivity index (χ4v) is 2.39. The second-order valence-electron chi connectivity index (χ2n) is 4.61. The molecule has 0 bridgehead atoms. The smallest absolute Gasteiger partial charge is 0 e. The van der Waals surface area contributed by atoms with Gasteiger partial charge in [0.2, 0.25) is 0 Å². The van der Waals surface area contributed by atoms with E-state index in [0.717, 1.165) is 12.8 Å². The van der Waals surface area contributed by atoms with E-state index in [9.17, 15) is 0 Å². The normalized spacial score (nSPS) is 13.1. The molecule has 19 heavy (non-hydrogen) atoms.